The van der Waals surface area contributed by atoms with E-state index >= 15 is 0 Å². The molecule has 0 radical (unpaired) electrons. The fourth-order valence-corrected chi connectivity index (χ4v) is 4.61. The lowest BCUT2D eigenvalue weighted by atomic mass is 9.95. The third-order valence-corrected chi connectivity index (χ3v) is 6.02. The third kappa shape index (κ3) is 3.46. The summed E-state index contributed by atoms with van der Waals surface area (Å²) in [6.07, 6.45) is 3.71. The largest absolute Gasteiger partial charge is 0.493 e. The van der Waals surface area contributed by atoms with E-state index < -0.39 is 6.23 Å². The maximum absolute atomic E-state index is 6.51. The third-order valence-electron chi connectivity index (χ3n) is 5.52. The van der Waals surface area contributed by atoms with Gasteiger partial charge in [-0.25, -0.2) is 5.01 Å². The molecule has 0 saturated carbocycles. The SMILES string of the molecule is COc1ccc(C2=NN3[C@H](C2)c2cc(Cl)cc(Cl)c2O[C@@H]3c2ccncc2)cc1OC. The van der Waals surface area contributed by atoms with Crippen molar-refractivity contribution in [2.45, 2.75) is 18.7 Å². The Kier molecular flexibility index (Phi) is 5.12. The van der Waals surface area contributed by atoms with Crippen LogP contribution in [0.2, 0.25) is 10.0 Å². The first-order valence-electron chi connectivity index (χ1n) is 9.72. The second-order valence-corrected chi connectivity index (χ2v) is 8.12. The summed E-state index contributed by atoms with van der Waals surface area (Å²) in [6, 6.07) is 13.2. The number of halogens is 2. The molecule has 0 saturated heterocycles. The monoisotopic (exact) mass is 455 g/mol. The van der Waals surface area contributed by atoms with E-state index in [1.54, 1.807) is 32.7 Å². The Labute approximate surface area is 190 Å². The standard InChI is InChI=1S/C23H19Cl2N3O3/c1-29-20-4-3-14(9-21(20)30-2)18-12-19-16-10-15(24)11-17(25)22(16)31-23(28(19)27-18)13-5-7-26-8-6-13/h3-11,19,23H,12H2,1-2H3/t19-,23-/m1/s1. The second-order valence-electron chi connectivity index (χ2n) is 7.27. The summed E-state index contributed by atoms with van der Waals surface area (Å²) in [5.74, 6) is 1.96. The maximum Gasteiger partial charge on any atom is 0.214 e. The number of methoxy groups -OCH3 is 2. The van der Waals surface area contributed by atoms with E-state index in [1.165, 1.54) is 0 Å². The van der Waals surface area contributed by atoms with Crippen molar-refractivity contribution in [3.63, 3.8) is 0 Å². The van der Waals surface area contributed by atoms with Gasteiger partial charge in [-0.2, -0.15) is 5.10 Å². The van der Waals surface area contributed by atoms with Crippen LogP contribution in [0.15, 0.2) is 60.0 Å². The lowest BCUT2D eigenvalue weighted by Crippen LogP contribution is -2.33. The lowest BCUT2D eigenvalue weighted by molar-refractivity contribution is -0.0189. The Hall–Kier alpha value is -2.96. The molecule has 158 valence electrons. The van der Waals surface area contributed by atoms with Gasteiger partial charge in [0.25, 0.3) is 0 Å². The minimum Gasteiger partial charge on any atom is -0.493 e. The summed E-state index contributed by atoms with van der Waals surface area (Å²) in [7, 11) is 3.24. The predicted molar refractivity (Wildman–Crippen MR) is 119 cm³/mol. The first-order chi connectivity index (χ1) is 15.1. The van der Waals surface area contributed by atoms with E-state index in [9.17, 15) is 0 Å². The van der Waals surface area contributed by atoms with Gasteiger partial charge in [0.1, 0.15) is 5.75 Å². The van der Waals surface area contributed by atoms with Gasteiger partial charge in [-0.05, 0) is 42.5 Å². The number of ether oxygens (including phenoxy) is 3. The minimum absolute atomic E-state index is 0.0683. The molecule has 2 atom stereocenters. The molecule has 0 aliphatic carbocycles. The molecule has 0 amide bonds. The molecule has 6 nitrogen and oxygen atoms in total. The normalized spacial score (nSPS) is 19.2. The van der Waals surface area contributed by atoms with Gasteiger partial charge >= 0.3 is 0 Å². The molecule has 0 spiro atoms. The quantitative estimate of drug-likeness (QED) is 0.508. The molecule has 2 aliphatic rings. The van der Waals surface area contributed by atoms with Crippen molar-refractivity contribution in [1.29, 1.82) is 0 Å². The van der Waals surface area contributed by atoms with Gasteiger partial charge in [-0.15, -0.1) is 0 Å². The Bertz CT molecular complexity index is 1170. The summed E-state index contributed by atoms with van der Waals surface area (Å²) in [6.45, 7) is 0. The van der Waals surface area contributed by atoms with Crippen LogP contribution in [0, 0.1) is 0 Å². The molecule has 3 heterocycles. The van der Waals surface area contributed by atoms with E-state index in [2.05, 4.69) is 4.98 Å². The van der Waals surface area contributed by atoms with Crippen molar-refractivity contribution >= 4 is 28.9 Å². The smallest absolute Gasteiger partial charge is 0.214 e. The van der Waals surface area contributed by atoms with E-state index in [4.69, 9.17) is 42.5 Å². The lowest BCUT2D eigenvalue weighted by Gasteiger charge is -2.38. The van der Waals surface area contributed by atoms with E-state index in [0.29, 0.717) is 33.7 Å². The van der Waals surface area contributed by atoms with Crippen LogP contribution in [-0.2, 0) is 0 Å². The fraction of sp³-hybridized carbons (Fsp3) is 0.217. The first kappa shape index (κ1) is 20.0. The van der Waals surface area contributed by atoms with Crippen LogP contribution in [-0.4, -0.2) is 29.9 Å². The van der Waals surface area contributed by atoms with Gasteiger partial charge in [0.2, 0.25) is 6.23 Å². The molecule has 2 aromatic carbocycles. The number of fused-ring (bicyclic) bond motifs is 3. The first-order valence-corrected chi connectivity index (χ1v) is 10.5. The van der Waals surface area contributed by atoms with Crippen molar-refractivity contribution in [2.24, 2.45) is 5.10 Å². The van der Waals surface area contributed by atoms with Gasteiger partial charge < -0.3 is 14.2 Å². The zero-order valence-corrected chi connectivity index (χ0v) is 18.4. The van der Waals surface area contributed by atoms with Crippen molar-refractivity contribution in [1.82, 2.24) is 9.99 Å². The van der Waals surface area contributed by atoms with Gasteiger partial charge in [0.05, 0.1) is 31.0 Å². The van der Waals surface area contributed by atoms with Gasteiger partial charge in [0.15, 0.2) is 11.5 Å². The highest BCUT2D eigenvalue weighted by Crippen LogP contribution is 2.50. The average molecular weight is 456 g/mol. The molecule has 0 bridgehead atoms. The van der Waals surface area contributed by atoms with Crippen LogP contribution >= 0.6 is 23.2 Å². The molecular formula is C23H19Cl2N3O3. The van der Waals surface area contributed by atoms with Gasteiger partial charge in [-0.3, -0.25) is 4.98 Å². The molecular weight excluding hydrogens is 437 g/mol. The number of pyridine rings is 1. The van der Waals surface area contributed by atoms with Gasteiger partial charge in [0, 0.05) is 40.5 Å². The molecule has 31 heavy (non-hydrogen) atoms. The van der Waals surface area contributed by atoms with E-state index in [-0.39, 0.29) is 6.04 Å². The highest BCUT2D eigenvalue weighted by molar-refractivity contribution is 6.35. The zero-order valence-electron chi connectivity index (χ0n) is 16.9. The van der Waals surface area contributed by atoms with Crippen molar-refractivity contribution < 1.29 is 14.2 Å². The van der Waals surface area contributed by atoms with E-state index in [1.807, 2.05) is 41.4 Å². The number of benzene rings is 2. The number of hydrazone groups is 1. The number of hydrogen-bond donors (Lipinski definition) is 0. The highest BCUT2D eigenvalue weighted by Gasteiger charge is 2.42. The van der Waals surface area contributed by atoms with E-state index in [0.717, 1.165) is 22.4 Å². The Balaban J connectivity index is 1.61. The molecule has 0 fully saturated rings. The average Bonchev–Trinajstić information content (AvgIpc) is 3.24. The van der Waals surface area contributed by atoms with Gasteiger partial charge in [-0.1, -0.05) is 23.2 Å². The number of aromatic nitrogens is 1. The zero-order chi connectivity index (χ0) is 21.5. The summed E-state index contributed by atoms with van der Waals surface area (Å²) in [5, 5.41) is 7.97. The molecule has 0 N–H and O–H groups in total. The number of hydrogen-bond acceptors (Lipinski definition) is 6. The number of nitrogens with zero attached hydrogens (tertiary/aromatic N) is 3. The second kappa shape index (κ2) is 7.94. The Morgan fingerprint density at radius 2 is 1.77 bits per heavy atom. The molecule has 5 rings (SSSR count). The van der Waals surface area contributed by atoms with Crippen LogP contribution in [0.3, 0.4) is 0 Å². The van der Waals surface area contributed by atoms with Crippen LogP contribution in [0.25, 0.3) is 0 Å². The van der Waals surface area contributed by atoms with Crippen molar-refractivity contribution in [3.05, 3.63) is 81.6 Å². The Morgan fingerprint density at radius 3 is 2.52 bits per heavy atom. The predicted octanol–water partition coefficient (Wildman–Crippen LogP) is 5.65. The molecule has 8 heteroatoms. The summed E-state index contributed by atoms with van der Waals surface area (Å²) >= 11 is 12.8. The van der Waals surface area contributed by atoms with Crippen LogP contribution in [0.5, 0.6) is 17.2 Å². The summed E-state index contributed by atoms with van der Waals surface area (Å²) in [4.78, 5) is 4.12. The Morgan fingerprint density at radius 1 is 1.00 bits per heavy atom. The molecule has 2 aliphatic heterocycles. The van der Waals surface area contributed by atoms with Crippen LogP contribution in [0.4, 0.5) is 0 Å². The maximum atomic E-state index is 6.51. The molecule has 3 aromatic rings. The topological polar surface area (TPSA) is 56.2 Å². The fourth-order valence-electron chi connectivity index (χ4n) is 4.05. The molecule has 1 aromatic heterocycles. The summed E-state index contributed by atoms with van der Waals surface area (Å²) in [5.41, 5.74) is 3.73. The van der Waals surface area contributed by atoms with Crippen LogP contribution < -0.4 is 14.2 Å². The van der Waals surface area contributed by atoms with Crippen molar-refractivity contribution in [3.8, 4) is 17.2 Å². The summed E-state index contributed by atoms with van der Waals surface area (Å²) < 4.78 is 17.2. The van der Waals surface area contributed by atoms with Crippen LogP contribution in [0.1, 0.15) is 35.4 Å². The molecule has 0 unspecified atom stereocenters. The minimum atomic E-state index is -0.434. The highest BCUT2D eigenvalue weighted by atomic mass is 35.5. The van der Waals surface area contributed by atoms with Crippen molar-refractivity contribution in [2.75, 3.05) is 14.2 Å². The number of rotatable bonds is 4.